The van der Waals surface area contributed by atoms with Crippen molar-refractivity contribution in [2.45, 2.75) is 62.7 Å². The molecule has 6 rings (SSSR count). The highest BCUT2D eigenvalue weighted by Gasteiger charge is 2.25. The van der Waals surface area contributed by atoms with Crippen LogP contribution >= 0.6 is 46.7 Å². The number of aliphatic carboxylic acids is 1. The van der Waals surface area contributed by atoms with Gasteiger partial charge < -0.3 is 20.1 Å². The van der Waals surface area contributed by atoms with Crippen LogP contribution in [0.5, 0.6) is 11.8 Å². The zero-order chi connectivity index (χ0) is 44.2. The molecule has 1 atom stereocenters. The minimum Gasteiger partial charge on any atom is -0.493 e. The molecular formula is C38H36Cl2F2N8O8S2. The number of esters is 1. The lowest BCUT2D eigenvalue weighted by Gasteiger charge is -2.19. The lowest BCUT2D eigenvalue weighted by Crippen LogP contribution is -2.25. The van der Waals surface area contributed by atoms with E-state index in [4.69, 9.17) is 23.2 Å². The summed E-state index contributed by atoms with van der Waals surface area (Å²) in [5, 5.41) is 28.2. The van der Waals surface area contributed by atoms with Gasteiger partial charge >= 0.3 is 23.3 Å². The molecule has 316 valence electrons. The number of thioether (sulfide) groups is 2. The van der Waals surface area contributed by atoms with E-state index >= 15 is 0 Å². The molecule has 22 heteroatoms. The highest BCUT2D eigenvalue weighted by molar-refractivity contribution is 7.99. The number of fused-ring (bicyclic) bond motifs is 2. The van der Waals surface area contributed by atoms with Gasteiger partial charge in [0.05, 0.1) is 53.0 Å². The van der Waals surface area contributed by atoms with Crippen molar-refractivity contribution in [3.8, 4) is 23.1 Å². The first kappa shape index (κ1) is 45.6. The molecule has 6 aromatic heterocycles. The van der Waals surface area contributed by atoms with E-state index < -0.39 is 57.0 Å². The van der Waals surface area contributed by atoms with E-state index in [-0.39, 0.29) is 52.0 Å². The Morgan fingerprint density at radius 3 is 1.60 bits per heavy atom. The fourth-order valence-corrected chi connectivity index (χ4v) is 7.94. The number of pyridine rings is 4. The quantitative estimate of drug-likeness (QED) is 0.0635. The van der Waals surface area contributed by atoms with Crippen LogP contribution in [0.2, 0.25) is 10.3 Å². The number of rotatable bonds is 12. The van der Waals surface area contributed by atoms with Crippen molar-refractivity contribution in [1.29, 1.82) is 0 Å². The van der Waals surface area contributed by atoms with Crippen molar-refractivity contribution in [2.75, 3.05) is 18.6 Å². The van der Waals surface area contributed by atoms with Crippen LogP contribution in [0.3, 0.4) is 0 Å². The molecule has 0 amide bonds. The highest BCUT2D eigenvalue weighted by Crippen LogP contribution is 2.36. The van der Waals surface area contributed by atoms with Gasteiger partial charge in [-0.25, -0.2) is 37.5 Å². The predicted octanol–water partition coefficient (Wildman–Crippen LogP) is 7.06. The number of ether oxygens (including phenoxy) is 1. The summed E-state index contributed by atoms with van der Waals surface area (Å²) in [5.74, 6) is -4.56. The van der Waals surface area contributed by atoms with E-state index in [2.05, 4.69) is 34.6 Å². The summed E-state index contributed by atoms with van der Waals surface area (Å²) in [6.07, 6.45) is 3.33. The molecule has 0 aromatic carbocycles. The highest BCUT2D eigenvalue weighted by atomic mass is 35.5. The van der Waals surface area contributed by atoms with Gasteiger partial charge in [0.25, 0.3) is 0 Å². The van der Waals surface area contributed by atoms with Crippen LogP contribution < -0.4 is 11.4 Å². The molecule has 0 radical (unpaired) electrons. The third-order valence-corrected chi connectivity index (χ3v) is 11.5. The third-order valence-electron chi connectivity index (χ3n) is 8.59. The number of methoxy groups -OCH3 is 1. The van der Waals surface area contributed by atoms with Gasteiger partial charge in [-0.05, 0) is 36.1 Å². The van der Waals surface area contributed by atoms with Crippen LogP contribution in [0.15, 0.2) is 56.0 Å². The number of hydrogen-bond acceptors (Lipinski definition) is 15. The minimum absolute atomic E-state index is 0.0522. The van der Waals surface area contributed by atoms with Gasteiger partial charge in [0, 0.05) is 33.7 Å². The second-order valence-electron chi connectivity index (χ2n) is 13.5. The van der Waals surface area contributed by atoms with Crippen molar-refractivity contribution in [3.05, 3.63) is 91.0 Å². The standard InChI is InChI=1S/2C19H18ClFN4O4S/c1-9(2)14-15(12(4-6-22-14)30-7-5-13(26)29-3)25-17-10(18(27)24-19(25)28)8-11(21)16(20)23-17;1-8(2)13-14(12(4-5-22-13)30-7-9(3)18(27)28)25-16-10(17(26)24-19(25)29)6-11(21)15(20)23-16/h4,6,8-9H,5,7H2,1-3H3,(H,24,27,28);4-6,8-9H,7H2,1-3H3,(H,27,28)(H,24,26,29). The van der Waals surface area contributed by atoms with Gasteiger partial charge in [0.15, 0.2) is 33.2 Å². The molecule has 0 bridgehead atoms. The van der Waals surface area contributed by atoms with Gasteiger partial charge in [0.1, 0.15) is 0 Å². The van der Waals surface area contributed by atoms with Crippen molar-refractivity contribution in [2.24, 2.45) is 5.92 Å². The fraction of sp³-hybridized carbons (Fsp3) is 0.316. The predicted molar refractivity (Wildman–Crippen MR) is 222 cm³/mol. The Balaban J connectivity index is 0.000000228. The zero-order valence-electron chi connectivity index (χ0n) is 32.6. The number of halogens is 4. The summed E-state index contributed by atoms with van der Waals surface area (Å²) in [5.41, 5.74) is 0.0220. The number of hydrogen-bond donors (Lipinski definition) is 3. The molecular weight excluding hydrogens is 870 g/mol. The molecule has 3 N–H and O–H groups in total. The molecule has 6 heterocycles. The topological polar surface area (TPSA) is 225 Å². The first-order valence-electron chi connectivity index (χ1n) is 17.8. The first-order valence-corrected chi connectivity index (χ1v) is 20.6. The monoisotopic (exact) mass is 904 g/mol. The Kier molecular flexibility index (Phi) is 14.7. The molecule has 0 aliphatic carbocycles. The summed E-state index contributed by atoms with van der Waals surface area (Å²) in [6, 6.07) is 5.27. The molecule has 60 heavy (non-hydrogen) atoms. The summed E-state index contributed by atoms with van der Waals surface area (Å²) in [4.78, 5) is 73.4. The van der Waals surface area contributed by atoms with Gasteiger partial charge in [-0.3, -0.25) is 19.6 Å². The lowest BCUT2D eigenvalue weighted by atomic mass is 10.1. The number of carbonyl (C=O) groups excluding carboxylic acids is 1. The molecule has 0 aliphatic heterocycles. The van der Waals surface area contributed by atoms with E-state index in [1.165, 1.54) is 30.6 Å². The van der Waals surface area contributed by atoms with E-state index in [9.17, 15) is 43.3 Å². The maximum Gasteiger partial charge on any atom is 0.357 e. The van der Waals surface area contributed by atoms with Crippen LogP contribution in [0.25, 0.3) is 33.4 Å². The van der Waals surface area contributed by atoms with Crippen molar-refractivity contribution in [3.63, 3.8) is 0 Å². The second kappa shape index (κ2) is 19.3. The van der Waals surface area contributed by atoms with Gasteiger partial charge in [0.2, 0.25) is 11.8 Å². The molecule has 1 unspecified atom stereocenters. The molecule has 0 spiro atoms. The lowest BCUT2D eigenvalue weighted by molar-refractivity contribution is -0.141. The minimum atomic E-state index is -0.944. The SMILES string of the molecule is CC(CSc1ccnc(C(C)C)c1-n1c(=O)nc(O)c2cc(F)c(Cl)nc21)C(=O)O.COC(=O)CCSc1ccnc(C(C)C)c1-n1c(=O)nc(O)c2cc(F)c(Cl)nc21. The zero-order valence-corrected chi connectivity index (χ0v) is 35.8. The average molecular weight is 906 g/mol. The molecule has 0 saturated carbocycles. The molecule has 0 fully saturated rings. The van der Waals surface area contributed by atoms with E-state index in [0.29, 0.717) is 38.3 Å². The van der Waals surface area contributed by atoms with Crippen molar-refractivity contribution < 1.29 is 38.4 Å². The van der Waals surface area contributed by atoms with Crippen LogP contribution in [-0.4, -0.2) is 84.9 Å². The van der Waals surface area contributed by atoms with E-state index in [1.54, 1.807) is 31.5 Å². The van der Waals surface area contributed by atoms with Gasteiger partial charge in [-0.15, -0.1) is 23.5 Å². The number of aromatic nitrogens is 8. The van der Waals surface area contributed by atoms with E-state index in [1.807, 2.05) is 27.7 Å². The molecule has 6 aromatic rings. The summed E-state index contributed by atoms with van der Waals surface area (Å²) < 4.78 is 34.8. The number of aromatic hydroxyl groups is 2. The largest absolute Gasteiger partial charge is 0.493 e. The summed E-state index contributed by atoms with van der Waals surface area (Å²) >= 11 is 14.2. The normalized spacial score (nSPS) is 11.9. The van der Waals surface area contributed by atoms with Crippen LogP contribution in [0.1, 0.15) is 64.3 Å². The molecule has 0 aliphatic rings. The molecule has 0 saturated heterocycles. The Morgan fingerprint density at radius 2 is 1.20 bits per heavy atom. The Labute approximate surface area is 358 Å². The van der Waals surface area contributed by atoms with E-state index in [0.717, 1.165) is 21.3 Å². The maximum absolute atomic E-state index is 13.9. The smallest absolute Gasteiger partial charge is 0.357 e. The fourth-order valence-electron chi connectivity index (χ4n) is 5.63. The Hall–Kier alpha value is -5.44. The average Bonchev–Trinajstić information content (AvgIpc) is 3.19. The van der Waals surface area contributed by atoms with Gasteiger partial charge in [-0.1, -0.05) is 57.8 Å². The maximum atomic E-state index is 13.9. The third kappa shape index (κ3) is 9.77. The van der Waals surface area contributed by atoms with Crippen LogP contribution in [0, 0.1) is 17.6 Å². The Morgan fingerprint density at radius 1 is 0.767 bits per heavy atom. The summed E-state index contributed by atoms with van der Waals surface area (Å²) in [7, 11) is 1.31. The number of carboxylic acid groups (broad SMARTS) is 1. The number of carbonyl (C=O) groups is 2. The molecule has 16 nitrogen and oxygen atoms in total. The first-order chi connectivity index (χ1) is 28.4. The van der Waals surface area contributed by atoms with Crippen molar-refractivity contribution >= 4 is 80.7 Å². The van der Waals surface area contributed by atoms with Crippen LogP contribution in [-0.2, 0) is 14.3 Å². The Bertz CT molecular complexity index is 2760. The van der Waals surface area contributed by atoms with Crippen molar-refractivity contribution in [1.82, 2.24) is 39.0 Å². The number of nitrogens with zero attached hydrogens (tertiary/aromatic N) is 8. The second-order valence-corrected chi connectivity index (χ2v) is 16.4. The number of carboxylic acids is 1. The van der Waals surface area contributed by atoms with Gasteiger partial charge in [-0.2, -0.15) is 9.97 Å². The van der Waals surface area contributed by atoms with Crippen LogP contribution in [0.4, 0.5) is 8.78 Å². The summed E-state index contributed by atoms with van der Waals surface area (Å²) in [6.45, 7) is 9.13.